The van der Waals surface area contributed by atoms with Gasteiger partial charge in [-0.15, -0.1) is 0 Å². The molecule has 1 saturated heterocycles. The zero-order valence-corrected chi connectivity index (χ0v) is 20.5. The third-order valence-electron chi connectivity index (χ3n) is 7.63. The van der Waals surface area contributed by atoms with Gasteiger partial charge in [0.15, 0.2) is 0 Å². The molecule has 3 N–H and O–H groups in total. The molecule has 0 unspecified atom stereocenters. The number of aromatic amines is 1. The largest absolute Gasteiger partial charge is 0.390 e. The SMILES string of the molecule is OCC(F)(F)CN1CCc2c([nH]c3c(F)cccc23)[C@@H]1c1c(F)cc([C@H](O)C2CN(CCCF)C2)cc1F. The van der Waals surface area contributed by atoms with Crippen molar-refractivity contribution in [2.45, 2.75) is 30.9 Å². The molecule has 2 atom stereocenters. The normalized spacial score (nSPS) is 20.1. The van der Waals surface area contributed by atoms with E-state index in [2.05, 4.69) is 4.98 Å². The van der Waals surface area contributed by atoms with Gasteiger partial charge < -0.3 is 20.1 Å². The van der Waals surface area contributed by atoms with Gasteiger partial charge in [0.2, 0.25) is 0 Å². The molecule has 1 fully saturated rings. The number of rotatable bonds is 9. The van der Waals surface area contributed by atoms with E-state index in [1.54, 1.807) is 6.07 Å². The number of nitrogens with zero attached hydrogens (tertiary/aromatic N) is 2. The fourth-order valence-corrected chi connectivity index (χ4v) is 5.76. The molecule has 3 aromatic rings. The highest BCUT2D eigenvalue weighted by Crippen LogP contribution is 2.42. The van der Waals surface area contributed by atoms with Crippen LogP contribution in [0.5, 0.6) is 0 Å². The monoisotopic (exact) mass is 541 g/mol. The standard InChI is InChI=1S/C27H29F6N3O2/c28-6-2-7-35-11-16(12-35)26(38)15-9-20(30)22(21(31)10-15)25-24-18(5-8-36(25)13-27(32,33)14-37)17-3-1-4-19(29)23(17)34-24/h1,3-4,9-10,16,25-26,34,37-38H,2,5-8,11-14H2/t25-,26-/m0/s1. The minimum Gasteiger partial charge on any atom is -0.390 e. The first-order valence-electron chi connectivity index (χ1n) is 12.6. The van der Waals surface area contributed by atoms with Gasteiger partial charge in [0.05, 0.1) is 30.9 Å². The average molecular weight is 542 g/mol. The molecule has 5 nitrogen and oxygen atoms in total. The Labute approximate surface area is 215 Å². The fourth-order valence-electron chi connectivity index (χ4n) is 5.76. The molecule has 0 radical (unpaired) electrons. The van der Waals surface area contributed by atoms with E-state index in [1.165, 1.54) is 17.0 Å². The molecule has 0 bridgehead atoms. The second-order valence-corrected chi connectivity index (χ2v) is 10.2. The number of aromatic nitrogens is 1. The summed E-state index contributed by atoms with van der Waals surface area (Å²) < 4.78 is 86.8. The van der Waals surface area contributed by atoms with Crippen LogP contribution >= 0.6 is 0 Å². The smallest absolute Gasteiger partial charge is 0.283 e. The van der Waals surface area contributed by atoms with Crippen molar-refractivity contribution in [1.82, 2.24) is 14.8 Å². The van der Waals surface area contributed by atoms with Crippen molar-refractivity contribution >= 4 is 10.9 Å². The molecule has 0 amide bonds. The lowest BCUT2D eigenvalue weighted by atomic mass is 9.86. The molecule has 3 heterocycles. The van der Waals surface area contributed by atoms with Crippen molar-refractivity contribution in [1.29, 1.82) is 0 Å². The Balaban J connectivity index is 1.52. The van der Waals surface area contributed by atoms with E-state index >= 15 is 8.78 Å². The van der Waals surface area contributed by atoms with Crippen LogP contribution in [0.15, 0.2) is 30.3 Å². The molecule has 11 heteroatoms. The van der Waals surface area contributed by atoms with Crippen LogP contribution in [0.1, 0.15) is 41.0 Å². The molecular weight excluding hydrogens is 512 g/mol. The molecule has 206 valence electrons. The first kappa shape index (κ1) is 27.0. The van der Waals surface area contributed by atoms with Crippen LogP contribution in [-0.4, -0.2) is 76.9 Å². The molecule has 0 aliphatic carbocycles. The van der Waals surface area contributed by atoms with Crippen LogP contribution in [0.4, 0.5) is 26.3 Å². The molecule has 2 aliphatic rings. The van der Waals surface area contributed by atoms with Crippen LogP contribution < -0.4 is 0 Å². The van der Waals surface area contributed by atoms with Crippen molar-refractivity contribution in [2.75, 3.05) is 46.0 Å². The van der Waals surface area contributed by atoms with Crippen molar-refractivity contribution in [2.24, 2.45) is 5.92 Å². The molecule has 0 spiro atoms. The first-order valence-corrected chi connectivity index (χ1v) is 12.6. The Morgan fingerprint density at radius 2 is 1.79 bits per heavy atom. The fraction of sp³-hybridized carbons (Fsp3) is 0.481. The van der Waals surface area contributed by atoms with Gasteiger partial charge >= 0.3 is 0 Å². The number of para-hydroxylation sites is 1. The van der Waals surface area contributed by atoms with E-state index in [0.717, 1.165) is 12.1 Å². The lowest BCUT2D eigenvalue weighted by Gasteiger charge is -2.42. The summed E-state index contributed by atoms with van der Waals surface area (Å²) in [7, 11) is 0. The number of aliphatic hydroxyl groups excluding tert-OH is 2. The van der Waals surface area contributed by atoms with Gasteiger partial charge in [-0.05, 0) is 42.2 Å². The quantitative estimate of drug-likeness (QED) is 0.350. The number of nitrogens with one attached hydrogen (secondary N) is 1. The summed E-state index contributed by atoms with van der Waals surface area (Å²) in [6.07, 6.45) is -0.556. The number of aliphatic hydroxyl groups is 2. The van der Waals surface area contributed by atoms with Gasteiger partial charge in [-0.25, -0.2) is 22.0 Å². The second kappa shape index (κ2) is 10.5. The van der Waals surface area contributed by atoms with Gasteiger partial charge in [-0.1, -0.05) is 12.1 Å². The van der Waals surface area contributed by atoms with E-state index in [0.29, 0.717) is 37.0 Å². The van der Waals surface area contributed by atoms with E-state index < -0.39 is 60.9 Å². The highest BCUT2D eigenvalue weighted by atomic mass is 19.3. The summed E-state index contributed by atoms with van der Waals surface area (Å²) in [5.74, 6) is -6.45. The molecule has 1 aromatic heterocycles. The number of hydrogen-bond acceptors (Lipinski definition) is 4. The molecular formula is C27H29F6N3O2. The Bertz CT molecular complexity index is 1290. The van der Waals surface area contributed by atoms with Crippen LogP contribution in [0.25, 0.3) is 10.9 Å². The summed E-state index contributed by atoms with van der Waals surface area (Å²) in [6, 6.07) is 5.07. The number of alkyl halides is 3. The van der Waals surface area contributed by atoms with Crippen molar-refractivity contribution < 1.29 is 36.6 Å². The average Bonchev–Trinajstić information content (AvgIpc) is 3.23. The first-order chi connectivity index (χ1) is 18.1. The number of halogens is 6. The van der Waals surface area contributed by atoms with Crippen molar-refractivity contribution in [3.63, 3.8) is 0 Å². The lowest BCUT2D eigenvalue weighted by molar-refractivity contribution is -0.0791. The van der Waals surface area contributed by atoms with Gasteiger partial charge in [-0.2, -0.15) is 0 Å². The van der Waals surface area contributed by atoms with Crippen LogP contribution in [0.3, 0.4) is 0 Å². The van der Waals surface area contributed by atoms with Crippen LogP contribution in [0.2, 0.25) is 0 Å². The Morgan fingerprint density at radius 3 is 2.45 bits per heavy atom. The summed E-state index contributed by atoms with van der Waals surface area (Å²) >= 11 is 0. The van der Waals surface area contributed by atoms with Crippen molar-refractivity contribution in [3.05, 3.63) is 70.2 Å². The Kier molecular flexibility index (Phi) is 7.47. The third-order valence-corrected chi connectivity index (χ3v) is 7.63. The summed E-state index contributed by atoms with van der Waals surface area (Å²) in [5.41, 5.74) is 0.427. The van der Waals surface area contributed by atoms with E-state index in [9.17, 15) is 22.7 Å². The topological polar surface area (TPSA) is 62.7 Å². The molecule has 38 heavy (non-hydrogen) atoms. The molecule has 0 saturated carbocycles. The van der Waals surface area contributed by atoms with Crippen LogP contribution in [-0.2, 0) is 6.42 Å². The van der Waals surface area contributed by atoms with E-state index in [-0.39, 0.29) is 35.7 Å². The number of hydrogen-bond donors (Lipinski definition) is 3. The Morgan fingerprint density at radius 1 is 1.08 bits per heavy atom. The molecule has 5 rings (SSSR count). The maximum atomic E-state index is 15.6. The predicted molar refractivity (Wildman–Crippen MR) is 129 cm³/mol. The minimum absolute atomic E-state index is 0.00321. The summed E-state index contributed by atoms with van der Waals surface area (Å²) in [6.45, 7) is -1.41. The minimum atomic E-state index is -3.53. The highest BCUT2D eigenvalue weighted by molar-refractivity contribution is 5.86. The molecule has 2 aliphatic heterocycles. The predicted octanol–water partition coefficient (Wildman–Crippen LogP) is 4.49. The number of fused-ring (bicyclic) bond motifs is 3. The van der Waals surface area contributed by atoms with Gasteiger partial charge in [0.25, 0.3) is 5.92 Å². The number of benzene rings is 2. The summed E-state index contributed by atoms with van der Waals surface area (Å²) in [4.78, 5) is 5.99. The van der Waals surface area contributed by atoms with Crippen molar-refractivity contribution in [3.8, 4) is 0 Å². The molecule has 2 aromatic carbocycles. The number of likely N-dealkylation sites (tertiary alicyclic amines) is 1. The van der Waals surface area contributed by atoms with E-state index in [1.807, 2.05) is 4.90 Å². The second-order valence-electron chi connectivity index (χ2n) is 10.2. The maximum absolute atomic E-state index is 15.6. The van der Waals surface area contributed by atoms with Gasteiger partial charge in [0.1, 0.15) is 24.1 Å². The third kappa shape index (κ3) is 4.92. The summed E-state index contributed by atoms with van der Waals surface area (Å²) in [5, 5.41) is 20.4. The zero-order chi connectivity index (χ0) is 27.2. The maximum Gasteiger partial charge on any atom is 0.283 e. The van der Waals surface area contributed by atoms with Gasteiger partial charge in [0, 0.05) is 48.7 Å². The van der Waals surface area contributed by atoms with E-state index in [4.69, 9.17) is 5.11 Å². The highest BCUT2D eigenvalue weighted by Gasteiger charge is 2.41. The Hall–Kier alpha value is -2.60. The lowest BCUT2D eigenvalue weighted by Crippen LogP contribution is -2.49. The van der Waals surface area contributed by atoms with Gasteiger partial charge in [-0.3, -0.25) is 9.29 Å². The zero-order valence-electron chi connectivity index (χ0n) is 20.5. The van der Waals surface area contributed by atoms with Crippen LogP contribution in [0, 0.1) is 23.4 Å². The number of H-pyrrole nitrogens is 1.